The normalized spacial score (nSPS) is 15.4. The fourth-order valence-corrected chi connectivity index (χ4v) is 1.81. The third kappa shape index (κ3) is 3.37. The fourth-order valence-electron chi connectivity index (χ4n) is 1.81. The summed E-state index contributed by atoms with van der Waals surface area (Å²) in [4.78, 5) is 13.4. The first-order valence-corrected chi connectivity index (χ1v) is 6.09. The van der Waals surface area contributed by atoms with Crippen LogP contribution in [0.4, 0.5) is 5.69 Å². The van der Waals surface area contributed by atoms with E-state index in [4.69, 9.17) is 0 Å². The zero-order chi connectivity index (χ0) is 12.0. The number of Topliss-reactive ketones (excluding diaryl/α,β-unsaturated/α-hetero) is 1. The summed E-state index contributed by atoms with van der Waals surface area (Å²) in [6.45, 7) is 7.67. The minimum atomic E-state index is 0.358. The van der Waals surface area contributed by atoms with Gasteiger partial charge in [0.15, 0.2) is 5.78 Å². The van der Waals surface area contributed by atoms with Crippen molar-refractivity contribution in [2.75, 3.05) is 18.0 Å². The molecular formula is C14H21NO. The molecule has 0 amide bonds. The molecule has 2 nitrogen and oxygen atoms in total. The molecule has 88 valence electrons. The Kier molecular flexibility index (Phi) is 5.03. The summed E-state index contributed by atoms with van der Waals surface area (Å²) in [5, 5.41) is 0. The lowest BCUT2D eigenvalue weighted by atomic mass is 10.1. The highest BCUT2D eigenvalue weighted by molar-refractivity contribution is 5.84. The second kappa shape index (κ2) is 6.31. The molecule has 1 heterocycles. The number of nitrogens with zero attached hydrogens (tertiary/aromatic N) is 1. The molecule has 2 heteroatoms. The summed E-state index contributed by atoms with van der Waals surface area (Å²) in [7, 11) is 0. The van der Waals surface area contributed by atoms with Crippen molar-refractivity contribution < 1.29 is 4.79 Å². The van der Waals surface area contributed by atoms with E-state index in [0.717, 1.165) is 19.4 Å². The molecule has 1 aliphatic rings. The van der Waals surface area contributed by atoms with Gasteiger partial charge in [0.1, 0.15) is 0 Å². The van der Waals surface area contributed by atoms with Gasteiger partial charge in [-0.25, -0.2) is 0 Å². The molecule has 2 rings (SSSR count). The lowest BCUT2D eigenvalue weighted by Crippen LogP contribution is -2.35. The third-order valence-electron chi connectivity index (χ3n) is 2.65. The van der Waals surface area contributed by atoms with Crippen molar-refractivity contribution in [3.63, 3.8) is 0 Å². The zero-order valence-corrected chi connectivity index (χ0v) is 10.5. The number of hydrogen-bond donors (Lipinski definition) is 0. The Morgan fingerprint density at radius 2 is 1.75 bits per heavy atom. The number of benzene rings is 1. The number of ketones is 1. The first-order chi connectivity index (χ1) is 7.75. The second-order valence-electron chi connectivity index (χ2n) is 3.90. The number of carbonyl (C=O) groups excluding carboxylic acids is 1. The van der Waals surface area contributed by atoms with E-state index in [-0.39, 0.29) is 0 Å². The average molecular weight is 219 g/mol. The Labute approximate surface area is 98.3 Å². The molecule has 1 aliphatic heterocycles. The summed E-state index contributed by atoms with van der Waals surface area (Å²) < 4.78 is 0. The molecule has 0 bridgehead atoms. The molecule has 1 saturated heterocycles. The van der Waals surface area contributed by atoms with Gasteiger partial charge < -0.3 is 4.90 Å². The monoisotopic (exact) mass is 219 g/mol. The van der Waals surface area contributed by atoms with E-state index < -0.39 is 0 Å². The van der Waals surface area contributed by atoms with E-state index in [2.05, 4.69) is 36.1 Å². The largest absolute Gasteiger partial charge is 0.364 e. The smallest absolute Gasteiger partial charge is 0.152 e. The van der Waals surface area contributed by atoms with Gasteiger partial charge in [0, 0.05) is 18.7 Å². The van der Waals surface area contributed by atoms with E-state index in [1.54, 1.807) is 0 Å². The maximum atomic E-state index is 11.3. The summed E-state index contributed by atoms with van der Waals surface area (Å²) >= 11 is 0. The van der Waals surface area contributed by atoms with Crippen molar-refractivity contribution in [2.45, 2.75) is 33.6 Å². The Bertz CT molecular complexity index is 329. The number of piperidine rings is 1. The Hall–Kier alpha value is -1.31. The van der Waals surface area contributed by atoms with Crippen LogP contribution >= 0.6 is 0 Å². The summed E-state index contributed by atoms with van der Waals surface area (Å²) in [6.07, 6.45) is 1.75. The van der Waals surface area contributed by atoms with Crippen LogP contribution in [0.3, 0.4) is 0 Å². The minimum absolute atomic E-state index is 0.358. The predicted octanol–water partition coefficient (Wildman–Crippen LogP) is 3.19. The molecule has 16 heavy (non-hydrogen) atoms. The van der Waals surface area contributed by atoms with Crippen LogP contribution < -0.4 is 4.90 Å². The Morgan fingerprint density at radius 3 is 2.31 bits per heavy atom. The third-order valence-corrected chi connectivity index (χ3v) is 2.65. The SMILES string of the molecule is CC.Cc1ccc(N2CCCC(=O)C2)cc1. The molecular weight excluding hydrogens is 198 g/mol. The minimum Gasteiger partial charge on any atom is -0.364 e. The van der Waals surface area contributed by atoms with Gasteiger partial charge in [-0.15, -0.1) is 0 Å². The average Bonchev–Trinajstić information content (AvgIpc) is 2.32. The van der Waals surface area contributed by atoms with Crippen molar-refractivity contribution in [3.05, 3.63) is 29.8 Å². The van der Waals surface area contributed by atoms with E-state index >= 15 is 0 Å². The lowest BCUT2D eigenvalue weighted by Gasteiger charge is -2.27. The molecule has 0 radical (unpaired) electrons. The maximum absolute atomic E-state index is 11.3. The Balaban J connectivity index is 0.000000606. The molecule has 0 unspecified atom stereocenters. The molecule has 1 aromatic carbocycles. The van der Waals surface area contributed by atoms with Crippen LogP contribution in [-0.2, 0) is 4.79 Å². The topological polar surface area (TPSA) is 20.3 Å². The fraction of sp³-hybridized carbons (Fsp3) is 0.500. The molecule has 1 fully saturated rings. The van der Waals surface area contributed by atoms with Crippen molar-refractivity contribution in [1.82, 2.24) is 0 Å². The number of rotatable bonds is 1. The van der Waals surface area contributed by atoms with Crippen LogP contribution in [-0.4, -0.2) is 18.9 Å². The molecule has 0 aromatic heterocycles. The van der Waals surface area contributed by atoms with Crippen LogP contribution in [0, 0.1) is 6.92 Å². The van der Waals surface area contributed by atoms with Crippen molar-refractivity contribution in [1.29, 1.82) is 0 Å². The molecule has 0 spiro atoms. The summed E-state index contributed by atoms with van der Waals surface area (Å²) in [6, 6.07) is 8.37. The molecule has 1 aromatic rings. The van der Waals surface area contributed by atoms with Crippen LogP contribution in [0.25, 0.3) is 0 Å². The number of anilines is 1. The van der Waals surface area contributed by atoms with Gasteiger partial charge in [0.2, 0.25) is 0 Å². The number of aryl methyl sites for hydroxylation is 1. The molecule has 0 N–H and O–H groups in total. The Morgan fingerprint density at radius 1 is 1.12 bits per heavy atom. The highest BCUT2D eigenvalue weighted by Gasteiger charge is 2.16. The maximum Gasteiger partial charge on any atom is 0.152 e. The van der Waals surface area contributed by atoms with Gasteiger partial charge in [-0.05, 0) is 25.5 Å². The van der Waals surface area contributed by atoms with E-state index in [9.17, 15) is 4.79 Å². The quantitative estimate of drug-likeness (QED) is 0.723. The molecule has 0 aliphatic carbocycles. The highest BCUT2D eigenvalue weighted by atomic mass is 16.1. The number of carbonyl (C=O) groups is 1. The predicted molar refractivity (Wildman–Crippen MR) is 69.0 cm³/mol. The molecule has 0 saturated carbocycles. The molecule has 0 atom stereocenters. The van der Waals surface area contributed by atoms with Crippen LogP contribution in [0.15, 0.2) is 24.3 Å². The van der Waals surface area contributed by atoms with Crippen LogP contribution in [0.5, 0.6) is 0 Å². The van der Waals surface area contributed by atoms with Crippen LogP contribution in [0.1, 0.15) is 32.3 Å². The summed E-state index contributed by atoms with van der Waals surface area (Å²) in [5.74, 6) is 0.358. The van der Waals surface area contributed by atoms with E-state index in [1.807, 2.05) is 13.8 Å². The van der Waals surface area contributed by atoms with Gasteiger partial charge in [0.25, 0.3) is 0 Å². The lowest BCUT2D eigenvalue weighted by molar-refractivity contribution is -0.118. The van der Waals surface area contributed by atoms with Gasteiger partial charge in [-0.1, -0.05) is 31.5 Å². The highest BCUT2D eigenvalue weighted by Crippen LogP contribution is 2.18. The van der Waals surface area contributed by atoms with E-state index in [0.29, 0.717) is 12.3 Å². The standard InChI is InChI=1S/C12H15NO.C2H6/c1-10-4-6-11(7-5-10)13-8-2-3-12(14)9-13;1-2/h4-7H,2-3,8-9H2,1H3;1-2H3. The summed E-state index contributed by atoms with van der Waals surface area (Å²) in [5.41, 5.74) is 2.43. The van der Waals surface area contributed by atoms with Gasteiger partial charge in [0.05, 0.1) is 6.54 Å². The van der Waals surface area contributed by atoms with Crippen molar-refractivity contribution >= 4 is 11.5 Å². The first kappa shape index (κ1) is 12.8. The second-order valence-corrected chi connectivity index (χ2v) is 3.90. The van der Waals surface area contributed by atoms with E-state index in [1.165, 1.54) is 11.3 Å². The van der Waals surface area contributed by atoms with Crippen molar-refractivity contribution in [3.8, 4) is 0 Å². The first-order valence-electron chi connectivity index (χ1n) is 6.09. The number of hydrogen-bond acceptors (Lipinski definition) is 2. The van der Waals surface area contributed by atoms with Crippen molar-refractivity contribution in [2.24, 2.45) is 0 Å². The van der Waals surface area contributed by atoms with Gasteiger partial charge in [-0.2, -0.15) is 0 Å². The van der Waals surface area contributed by atoms with Gasteiger partial charge in [-0.3, -0.25) is 4.79 Å². The van der Waals surface area contributed by atoms with Gasteiger partial charge >= 0.3 is 0 Å². The zero-order valence-electron chi connectivity index (χ0n) is 10.5. The van der Waals surface area contributed by atoms with Crippen LogP contribution in [0.2, 0.25) is 0 Å².